The number of benzene rings is 2. The molecule has 2 nitrogen and oxygen atoms in total. The SMILES string of the molecule is C#C.C=C/C=C(C)\C=C/C.CC(C)(C)SN[C@H](c1ccc(Br)cc1)c1cc(F)cc(OC(F)(F)C(F)F)c1. The van der Waals surface area contributed by atoms with Crippen LogP contribution in [-0.4, -0.2) is 17.3 Å². The van der Waals surface area contributed by atoms with Crippen molar-refractivity contribution in [1.82, 2.24) is 4.72 Å². The molecule has 0 fully saturated rings. The zero-order chi connectivity index (χ0) is 29.5. The maximum Gasteiger partial charge on any atom is 0.461 e. The van der Waals surface area contributed by atoms with E-state index in [1.807, 2.05) is 52.8 Å². The van der Waals surface area contributed by atoms with E-state index < -0.39 is 30.1 Å². The molecule has 9 heteroatoms. The summed E-state index contributed by atoms with van der Waals surface area (Å²) >= 11 is 4.70. The monoisotopic (exact) mass is 617 g/mol. The fourth-order valence-electron chi connectivity index (χ4n) is 2.74. The number of alkyl halides is 4. The number of terminal acetylenes is 1. The van der Waals surface area contributed by atoms with E-state index in [-0.39, 0.29) is 10.3 Å². The first-order valence-corrected chi connectivity index (χ1v) is 12.9. The van der Waals surface area contributed by atoms with Crippen LogP contribution in [0.15, 0.2) is 83.4 Å². The third-order valence-electron chi connectivity index (χ3n) is 4.23. The highest BCUT2D eigenvalue weighted by molar-refractivity contribution is 9.10. The first kappa shape index (κ1) is 35.5. The van der Waals surface area contributed by atoms with E-state index in [1.54, 1.807) is 30.3 Å². The highest BCUT2D eigenvalue weighted by Gasteiger charge is 2.44. The zero-order valence-corrected chi connectivity index (χ0v) is 24.4. The van der Waals surface area contributed by atoms with Crippen LogP contribution in [0.2, 0.25) is 0 Å². The van der Waals surface area contributed by atoms with E-state index >= 15 is 0 Å². The molecule has 0 heterocycles. The molecule has 2 aromatic carbocycles. The highest BCUT2D eigenvalue weighted by atomic mass is 79.9. The average Bonchev–Trinajstić information content (AvgIpc) is 2.81. The lowest BCUT2D eigenvalue weighted by molar-refractivity contribution is -0.253. The highest BCUT2D eigenvalue weighted by Crippen LogP contribution is 2.34. The number of halogens is 6. The summed E-state index contributed by atoms with van der Waals surface area (Å²) in [7, 11) is 0. The van der Waals surface area contributed by atoms with Gasteiger partial charge in [-0.25, -0.2) is 4.39 Å². The van der Waals surface area contributed by atoms with Gasteiger partial charge < -0.3 is 4.74 Å². The number of rotatable bonds is 9. The number of nitrogens with one attached hydrogen (secondary N) is 1. The summed E-state index contributed by atoms with van der Waals surface area (Å²) in [5.74, 6) is -1.55. The van der Waals surface area contributed by atoms with E-state index in [4.69, 9.17) is 0 Å². The second kappa shape index (κ2) is 17.1. The predicted octanol–water partition coefficient (Wildman–Crippen LogP) is 9.89. The van der Waals surface area contributed by atoms with Crippen molar-refractivity contribution < 1.29 is 26.7 Å². The van der Waals surface area contributed by atoms with E-state index in [2.05, 4.69) is 44.8 Å². The van der Waals surface area contributed by atoms with Crippen molar-refractivity contribution >= 4 is 27.9 Å². The molecule has 0 aliphatic heterocycles. The normalized spacial score (nSPS) is 12.7. The van der Waals surface area contributed by atoms with Crippen LogP contribution in [0.5, 0.6) is 5.75 Å². The van der Waals surface area contributed by atoms with Gasteiger partial charge in [-0.15, -0.1) is 12.8 Å². The smallest absolute Gasteiger partial charge is 0.428 e. The molecule has 1 atom stereocenters. The molecule has 0 amide bonds. The molecule has 2 rings (SSSR count). The van der Waals surface area contributed by atoms with Crippen LogP contribution in [0.25, 0.3) is 0 Å². The lowest BCUT2D eigenvalue weighted by Gasteiger charge is -2.25. The van der Waals surface area contributed by atoms with Crippen molar-refractivity contribution in [2.45, 2.75) is 57.9 Å². The topological polar surface area (TPSA) is 21.3 Å². The molecule has 2 aromatic rings. The quantitative estimate of drug-likeness (QED) is 0.131. The van der Waals surface area contributed by atoms with Crippen LogP contribution in [0.4, 0.5) is 22.0 Å². The summed E-state index contributed by atoms with van der Waals surface area (Å²) in [5.41, 5.74) is 2.23. The third kappa shape index (κ3) is 13.8. The van der Waals surface area contributed by atoms with Gasteiger partial charge in [0.05, 0.1) is 6.04 Å². The van der Waals surface area contributed by atoms with E-state index in [0.717, 1.165) is 22.2 Å². The third-order valence-corrected chi connectivity index (χ3v) is 5.73. The Morgan fingerprint density at radius 3 is 2.13 bits per heavy atom. The molecule has 208 valence electrons. The van der Waals surface area contributed by atoms with Gasteiger partial charge in [0.25, 0.3) is 0 Å². The maximum atomic E-state index is 14.1. The Labute approximate surface area is 235 Å². The molecule has 0 aromatic heterocycles. The summed E-state index contributed by atoms with van der Waals surface area (Å²) in [6, 6.07) is 9.47. The van der Waals surface area contributed by atoms with E-state index in [0.29, 0.717) is 6.07 Å². The van der Waals surface area contributed by atoms with Crippen molar-refractivity contribution in [2.24, 2.45) is 0 Å². The summed E-state index contributed by atoms with van der Waals surface area (Å²) < 4.78 is 73.3. The first-order valence-electron chi connectivity index (χ1n) is 11.3. The van der Waals surface area contributed by atoms with Crippen LogP contribution >= 0.6 is 27.9 Å². The molecule has 0 bridgehead atoms. The Morgan fingerprint density at radius 1 is 1.08 bits per heavy atom. The van der Waals surface area contributed by atoms with E-state index in [9.17, 15) is 22.0 Å². The van der Waals surface area contributed by atoms with Gasteiger partial charge in [-0.05, 0) is 70.0 Å². The lowest BCUT2D eigenvalue weighted by atomic mass is 9.99. The van der Waals surface area contributed by atoms with Gasteiger partial charge in [0, 0.05) is 15.3 Å². The van der Waals surface area contributed by atoms with Crippen LogP contribution in [0.3, 0.4) is 0 Å². The van der Waals surface area contributed by atoms with Crippen molar-refractivity contribution in [3.63, 3.8) is 0 Å². The minimum Gasteiger partial charge on any atom is -0.428 e. The van der Waals surface area contributed by atoms with Crippen molar-refractivity contribution in [3.05, 3.63) is 100 Å². The van der Waals surface area contributed by atoms with Crippen molar-refractivity contribution in [1.29, 1.82) is 0 Å². The molecule has 0 saturated heterocycles. The number of hydrogen-bond donors (Lipinski definition) is 1. The second-order valence-corrected chi connectivity index (χ2v) is 11.2. The summed E-state index contributed by atoms with van der Waals surface area (Å²) in [5, 5.41) is 0. The molecule has 1 N–H and O–H groups in total. The molecule has 0 aliphatic rings. The Kier molecular flexibility index (Phi) is 16.0. The van der Waals surface area contributed by atoms with Crippen molar-refractivity contribution in [3.8, 4) is 18.6 Å². The number of allylic oxidation sites excluding steroid dienone is 5. The number of hydrogen-bond acceptors (Lipinski definition) is 3. The molecule has 0 saturated carbocycles. The number of ether oxygens (including phenoxy) is 1. The minimum atomic E-state index is -4.72. The summed E-state index contributed by atoms with van der Waals surface area (Å²) in [6.07, 6.45) is 7.06. The molecule has 0 aliphatic carbocycles. The molecular formula is C29H33BrF5NOS. The minimum absolute atomic E-state index is 0.191. The Morgan fingerprint density at radius 2 is 1.66 bits per heavy atom. The fraction of sp³-hybridized carbons (Fsp3) is 0.310. The lowest BCUT2D eigenvalue weighted by Crippen LogP contribution is -2.33. The van der Waals surface area contributed by atoms with Gasteiger partial charge >= 0.3 is 12.5 Å². The fourth-order valence-corrected chi connectivity index (χ4v) is 3.74. The summed E-state index contributed by atoms with van der Waals surface area (Å²) in [4.78, 5) is 0. The zero-order valence-electron chi connectivity index (χ0n) is 22.0. The van der Waals surface area contributed by atoms with Gasteiger partial charge in [0.15, 0.2) is 0 Å². The largest absolute Gasteiger partial charge is 0.461 e. The second-order valence-electron chi connectivity index (χ2n) is 8.65. The van der Waals surface area contributed by atoms with Gasteiger partial charge in [-0.3, -0.25) is 4.72 Å². The van der Waals surface area contributed by atoms with Gasteiger partial charge in [0.2, 0.25) is 0 Å². The van der Waals surface area contributed by atoms with Crippen molar-refractivity contribution in [2.75, 3.05) is 0 Å². The maximum absolute atomic E-state index is 14.1. The standard InChI is InChI=1S/C19H19BrF5NOS.C8H12.C2H2/c1-18(2,3)28-26-16(11-4-6-13(20)7-5-11)12-8-14(21)10-15(9-12)27-19(24,25)17(22)23;1-4-6-8(3)7-5-2;1-2/h4-10,16-17,26H,1-3H3;4-7H,1H2,2-3H3;1-2H/b;7-5-,8-6-;/t16-;;/m1../s1. The van der Waals surface area contributed by atoms with Gasteiger partial charge in [-0.2, -0.15) is 17.6 Å². The first-order chi connectivity index (χ1) is 17.7. The van der Waals surface area contributed by atoms with E-state index in [1.165, 1.54) is 17.5 Å². The Hall–Kier alpha value is -2.54. The molecule has 0 spiro atoms. The molecule has 38 heavy (non-hydrogen) atoms. The molecular weight excluding hydrogens is 585 g/mol. The van der Waals surface area contributed by atoms with Gasteiger partial charge in [0.1, 0.15) is 11.6 Å². The predicted molar refractivity (Wildman–Crippen MR) is 153 cm³/mol. The molecule has 0 radical (unpaired) electrons. The Bertz CT molecular complexity index is 1080. The summed E-state index contributed by atoms with van der Waals surface area (Å²) in [6.45, 7) is 13.5. The Balaban J connectivity index is 0.00000117. The van der Waals surface area contributed by atoms with Crippen LogP contribution < -0.4 is 9.46 Å². The van der Waals surface area contributed by atoms with Crippen LogP contribution in [0.1, 0.15) is 51.8 Å². The van der Waals surface area contributed by atoms with Crippen LogP contribution in [-0.2, 0) is 0 Å². The van der Waals surface area contributed by atoms with Crippen LogP contribution in [0, 0.1) is 18.7 Å². The average molecular weight is 619 g/mol. The molecule has 0 unspecified atom stereocenters. The van der Waals surface area contributed by atoms with Gasteiger partial charge in [-0.1, -0.05) is 76.5 Å².